The van der Waals surface area contributed by atoms with Crippen LogP contribution in [0.1, 0.15) is 20.3 Å². The highest BCUT2D eigenvalue weighted by atomic mass is 35.5. The first-order chi connectivity index (χ1) is 10.1. The van der Waals surface area contributed by atoms with Crippen molar-refractivity contribution in [2.75, 3.05) is 26.3 Å². The molecule has 0 spiro atoms. The maximum atomic E-state index is 12.2. The van der Waals surface area contributed by atoms with E-state index in [-0.39, 0.29) is 31.0 Å². The van der Waals surface area contributed by atoms with Gasteiger partial charge < -0.3 is 20.1 Å². The van der Waals surface area contributed by atoms with Crippen LogP contribution in [0.15, 0.2) is 24.3 Å². The van der Waals surface area contributed by atoms with Crippen LogP contribution in [0.3, 0.4) is 0 Å². The van der Waals surface area contributed by atoms with Crippen LogP contribution in [0.4, 0.5) is 0 Å². The summed E-state index contributed by atoms with van der Waals surface area (Å²) in [5.74, 6) is 1.91. The third-order valence-corrected chi connectivity index (χ3v) is 3.81. The second-order valence-corrected chi connectivity index (χ2v) is 5.43. The SMILES string of the molecule is CCOc1ccc(OCC(=O)N2CC(CN)CC2C)cc1.Cl. The van der Waals surface area contributed by atoms with Crippen LogP contribution in [0.2, 0.25) is 0 Å². The summed E-state index contributed by atoms with van der Waals surface area (Å²) in [5, 5.41) is 0. The fraction of sp³-hybridized carbons (Fsp3) is 0.562. The summed E-state index contributed by atoms with van der Waals surface area (Å²) in [4.78, 5) is 14.1. The van der Waals surface area contributed by atoms with E-state index >= 15 is 0 Å². The fourth-order valence-electron chi connectivity index (χ4n) is 2.69. The second-order valence-electron chi connectivity index (χ2n) is 5.43. The van der Waals surface area contributed by atoms with Crippen molar-refractivity contribution in [3.63, 3.8) is 0 Å². The number of likely N-dealkylation sites (tertiary alicyclic amines) is 1. The van der Waals surface area contributed by atoms with Gasteiger partial charge in [-0.15, -0.1) is 12.4 Å². The number of hydrogen-bond donors (Lipinski definition) is 1. The van der Waals surface area contributed by atoms with Gasteiger partial charge in [-0.05, 0) is 57.0 Å². The van der Waals surface area contributed by atoms with E-state index in [0.29, 0.717) is 24.8 Å². The predicted octanol–water partition coefficient (Wildman–Crippen LogP) is 2.08. The topological polar surface area (TPSA) is 64.8 Å². The predicted molar refractivity (Wildman–Crippen MR) is 88.7 cm³/mol. The van der Waals surface area contributed by atoms with Crippen molar-refractivity contribution in [2.24, 2.45) is 11.7 Å². The van der Waals surface area contributed by atoms with E-state index in [1.54, 1.807) is 0 Å². The molecule has 124 valence electrons. The third-order valence-electron chi connectivity index (χ3n) is 3.81. The molecule has 6 heteroatoms. The molecule has 5 nitrogen and oxygen atoms in total. The van der Waals surface area contributed by atoms with Gasteiger partial charge in [0, 0.05) is 12.6 Å². The van der Waals surface area contributed by atoms with Gasteiger partial charge in [-0.3, -0.25) is 4.79 Å². The van der Waals surface area contributed by atoms with E-state index < -0.39 is 0 Å². The van der Waals surface area contributed by atoms with Gasteiger partial charge in [-0.1, -0.05) is 0 Å². The standard InChI is InChI=1S/C16H24N2O3.ClH/c1-3-20-14-4-6-15(7-5-14)21-11-16(19)18-10-13(9-17)8-12(18)2;/h4-7,12-13H,3,8-11,17H2,1-2H3;1H. The Bertz CT molecular complexity index is 467. The van der Waals surface area contributed by atoms with E-state index in [4.69, 9.17) is 15.2 Å². The lowest BCUT2D eigenvalue weighted by atomic mass is 10.1. The molecule has 1 aliphatic rings. The first kappa shape index (κ1) is 18.6. The van der Waals surface area contributed by atoms with Gasteiger partial charge >= 0.3 is 0 Å². The molecule has 1 saturated heterocycles. The number of benzene rings is 1. The largest absolute Gasteiger partial charge is 0.494 e. The van der Waals surface area contributed by atoms with Crippen molar-refractivity contribution in [3.05, 3.63) is 24.3 Å². The Balaban J connectivity index is 0.00000242. The van der Waals surface area contributed by atoms with Crippen molar-refractivity contribution in [1.29, 1.82) is 0 Å². The number of rotatable bonds is 6. The second kappa shape index (κ2) is 8.86. The van der Waals surface area contributed by atoms with Crippen LogP contribution in [0.25, 0.3) is 0 Å². The monoisotopic (exact) mass is 328 g/mol. The molecule has 0 radical (unpaired) electrons. The fourth-order valence-corrected chi connectivity index (χ4v) is 2.69. The van der Waals surface area contributed by atoms with Gasteiger partial charge in [0.2, 0.25) is 0 Å². The Hall–Kier alpha value is -1.46. The Labute approximate surface area is 138 Å². The number of hydrogen-bond acceptors (Lipinski definition) is 4. The summed E-state index contributed by atoms with van der Waals surface area (Å²) in [5.41, 5.74) is 5.68. The highest BCUT2D eigenvalue weighted by Crippen LogP contribution is 2.22. The normalized spacial score (nSPS) is 20.4. The van der Waals surface area contributed by atoms with Gasteiger partial charge in [0.05, 0.1) is 6.61 Å². The van der Waals surface area contributed by atoms with Crippen LogP contribution in [0.5, 0.6) is 11.5 Å². The third kappa shape index (κ3) is 4.78. The number of nitrogens with two attached hydrogens (primary N) is 1. The van der Waals surface area contributed by atoms with E-state index in [2.05, 4.69) is 6.92 Å². The van der Waals surface area contributed by atoms with Crippen LogP contribution in [0, 0.1) is 5.92 Å². The number of amides is 1. The number of ether oxygens (including phenoxy) is 2. The zero-order chi connectivity index (χ0) is 15.2. The number of halogens is 1. The Morgan fingerprint density at radius 2 is 1.86 bits per heavy atom. The summed E-state index contributed by atoms with van der Waals surface area (Å²) < 4.78 is 10.9. The minimum Gasteiger partial charge on any atom is -0.494 e. The molecular formula is C16H25ClN2O3. The van der Waals surface area contributed by atoms with Gasteiger partial charge in [0.25, 0.3) is 5.91 Å². The highest BCUT2D eigenvalue weighted by molar-refractivity contribution is 5.85. The Morgan fingerprint density at radius 3 is 2.36 bits per heavy atom. The van der Waals surface area contributed by atoms with Crippen LogP contribution in [-0.4, -0.2) is 43.2 Å². The van der Waals surface area contributed by atoms with Crippen LogP contribution >= 0.6 is 12.4 Å². The summed E-state index contributed by atoms with van der Waals surface area (Å²) in [6.07, 6.45) is 0.977. The lowest BCUT2D eigenvalue weighted by molar-refractivity contribution is -0.134. The molecule has 1 amide bonds. The van der Waals surface area contributed by atoms with Crippen molar-refractivity contribution < 1.29 is 14.3 Å². The zero-order valence-electron chi connectivity index (χ0n) is 13.2. The molecule has 0 saturated carbocycles. The molecule has 2 rings (SSSR count). The maximum absolute atomic E-state index is 12.2. The van der Waals surface area contributed by atoms with Crippen LogP contribution < -0.4 is 15.2 Å². The van der Waals surface area contributed by atoms with E-state index in [0.717, 1.165) is 18.7 Å². The molecule has 2 N–H and O–H groups in total. The highest BCUT2D eigenvalue weighted by Gasteiger charge is 2.31. The van der Waals surface area contributed by atoms with Gasteiger partial charge in [-0.25, -0.2) is 0 Å². The van der Waals surface area contributed by atoms with E-state index in [1.807, 2.05) is 36.1 Å². The van der Waals surface area contributed by atoms with Gasteiger partial charge in [0.15, 0.2) is 6.61 Å². The molecule has 0 aliphatic carbocycles. The van der Waals surface area contributed by atoms with E-state index in [1.165, 1.54) is 0 Å². The maximum Gasteiger partial charge on any atom is 0.260 e. The zero-order valence-corrected chi connectivity index (χ0v) is 14.0. The molecule has 2 atom stereocenters. The molecule has 1 aromatic rings. The average molecular weight is 329 g/mol. The average Bonchev–Trinajstić information content (AvgIpc) is 2.88. The van der Waals surface area contributed by atoms with Gasteiger partial charge in [0.1, 0.15) is 11.5 Å². The quantitative estimate of drug-likeness (QED) is 0.868. The van der Waals surface area contributed by atoms with Crippen molar-refractivity contribution in [3.8, 4) is 11.5 Å². The van der Waals surface area contributed by atoms with Crippen LogP contribution in [-0.2, 0) is 4.79 Å². The summed E-state index contributed by atoms with van der Waals surface area (Å²) >= 11 is 0. The molecule has 1 aromatic carbocycles. The van der Waals surface area contributed by atoms with Crippen molar-refractivity contribution in [2.45, 2.75) is 26.3 Å². The molecule has 2 unspecified atom stereocenters. The molecule has 1 aliphatic heterocycles. The Kier molecular flexibility index (Phi) is 7.48. The smallest absolute Gasteiger partial charge is 0.260 e. The number of carbonyl (C=O) groups is 1. The molecule has 0 bridgehead atoms. The first-order valence-corrected chi connectivity index (χ1v) is 7.49. The first-order valence-electron chi connectivity index (χ1n) is 7.49. The van der Waals surface area contributed by atoms with E-state index in [9.17, 15) is 4.79 Å². The lowest BCUT2D eigenvalue weighted by Gasteiger charge is -2.21. The lowest BCUT2D eigenvalue weighted by Crippen LogP contribution is -2.37. The van der Waals surface area contributed by atoms with Crippen molar-refractivity contribution in [1.82, 2.24) is 4.90 Å². The summed E-state index contributed by atoms with van der Waals surface area (Å²) in [6.45, 7) is 6.07. The minimum absolute atomic E-state index is 0. The van der Waals surface area contributed by atoms with Crippen molar-refractivity contribution >= 4 is 18.3 Å². The Morgan fingerprint density at radius 1 is 1.27 bits per heavy atom. The minimum atomic E-state index is 0. The number of nitrogens with zero attached hydrogens (tertiary/aromatic N) is 1. The molecule has 1 heterocycles. The molecule has 22 heavy (non-hydrogen) atoms. The molecule has 0 aromatic heterocycles. The summed E-state index contributed by atoms with van der Waals surface area (Å²) in [6, 6.07) is 7.55. The molecular weight excluding hydrogens is 304 g/mol. The summed E-state index contributed by atoms with van der Waals surface area (Å²) in [7, 11) is 0. The van der Waals surface area contributed by atoms with Gasteiger partial charge in [-0.2, -0.15) is 0 Å². The number of carbonyl (C=O) groups excluding carboxylic acids is 1. The molecule has 1 fully saturated rings.